The number of rotatable bonds is 1. The molecule has 0 aliphatic carbocycles. The van der Waals surface area contributed by atoms with E-state index in [9.17, 15) is 0 Å². The van der Waals surface area contributed by atoms with Crippen LogP contribution in [-0.2, 0) is 0 Å². The van der Waals surface area contributed by atoms with Gasteiger partial charge in [-0.25, -0.2) is 4.68 Å². The highest BCUT2D eigenvalue weighted by Gasteiger charge is 2.12. The summed E-state index contributed by atoms with van der Waals surface area (Å²) in [4.78, 5) is 0. The highest BCUT2D eigenvalue weighted by molar-refractivity contribution is 6.38. The van der Waals surface area contributed by atoms with E-state index < -0.39 is 0 Å². The van der Waals surface area contributed by atoms with E-state index in [-0.39, 0.29) is 0 Å². The van der Waals surface area contributed by atoms with Crippen molar-refractivity contribution >= 4 is 28.9 Å². The van der Waals surface area contributed by atoms with Gasteiger partial charge < -0.3 is 5.73 Å². The number of halogens is 2. The summed E-state index contributed by atoms with van der Waals surface area (Å²) < 4.78 is 1.72. The predicted octanol–water partition coefficient (Wildman–Crippen LogP) is 3.38. The Bertz CT molecular complexity index is 523. The van der Waals surface area contributed by atoms with Gasteiger partial charge in [-0.1, -0.05) is 23.2 Å². The minimum absolute atomic E-state index is 0.496. The summed E-state index contributed by atoms with van der Waals surface area (Å²) in [6, 6.07) is 5.29. The van der Waals surface area contributed by atoms with Crippen molar-refractivity contribution in [1.82, 2.24) is 9.78 Å². The first-order valence-corrected chi connectivity index (χ1v) is 5.53. The van der Waals surface area contributed by atoms with E-state index >= 15 is 0 Å². The van der Waals surface area contributed by atoms with Crippen LogP contribution in [0.1, 0.15) is 11.4 Å². The Labute approximate surface area is 104 Å². The summed E-state index contributed by atoms with van der Waals surface area (Å²) in [5.41, 5.74) is 8.76. The normalized spacial score (nSPS) is 10.8. The summed E-state index contributed by atoms with van der Waals surface area (Å²) in [5.74, 6) is 0. The molecule has 3 nitrogen and oxygen atoms in total. The maximum Gasteiger partial charge on any atom is 0.102 e. The van der Waals surface area contributed by atoms with Gasteiger partial charge in [-0.3, -0.25) is 0 Å². The number of nitrogens with zero attached hydrogens (tertiary/aromatic N) is 2. The van der Waals surface area contributed by atoms with Crippen molar-refractivity contribution in [2.24, 2.45) is 0 Å². The smallest absolute Gasteiger partial charge is 0.102 e. The van der Waals surface area contributed by atoms with Crippen LogP contribution >= 0.6 is 23.2 Å². The van der Waals surface area contributed by atoms with Crippen molar-refractivity contribution in [2.75, 3.05) is 5.73 Å². The first kappa shape index (κ1) is 11.3. The molecule has 2 rings (SSSR count). The zero-order valence-electron chi connectivity index (χ0n) is 8.96. The highest BCUT2D eigenvalue weighted by atomic mass is 35.5. The average molecular weight is 256 g/mol. The van der Waals surface area contributed by atoms with Gasteiger partial charge in [-0.2, -0.15) is 5.10 Å². The lowest BCUT2D eigenvalue weighted by Crippen LogP contribution is -2.02. The second-order valence-electron chi connectivity index (χ2n) is 3.67. The fraction of sp³-hybridized carbons (Fsp3) is 0.182. The fourth-order valence-corrected chi connectivity index (χ4v) is 2.31. The molecular formula is C11H11Cl2N3. The van der Waals surface area contributed by atoms with Crippen LogP contribution in [0, 0.1) is 13.8 Å². The van der Waals surface area contributed by atoms with Crippen LogP contribution in [-0.4, -0.2) is 9.78 Å². The Morgan fingerprint density at radius 1 is 1.12 bits per heavy atom. The minimum Gasteiger partial charge on any atom is -0.399 e. The van der Waals surface area contributed by atoms with E-state index in [0.717, 1.165) is 11.4 Å². The van der Waals surface area contributed by atoms with Gasteiger partial charge in [0.1, 0.15) is 5.69 Å². The third-order valence-corrected chi connectivity index (χ3v) is 2.84. The first-order chi connectivity index (χ1) is 7.49. The predicted molar refractivity (Wildman–Crippen MR) is 67.5 cm³/mol. The van der Waals surface area contributed by atoms with Crippen LogP contribution in [0.4, 0.5) is 5.69 Å². The third-order valence-electron chi connectivity index (χ3n) is 2.26. The van der Waals surface area contributed by atoms with Crippen LogP contribution in [0.5, 0.6) is 0 Å². The fourth-order valence-electron chi connectivity index (χ4n) is 1.64. The van der Waals surface area contributed by atoms with E-state index in [1.807, 2.05) is 19.9 Å². The molecule has 0 unspecified atom stereocenters. The standard InChI is InChI=1S/C11H11Cl2N3/c1-6-3-7(2)16(15-6)11-9(12)4-8(14)5-10(11)13/h3-5H,14H2,1-2H3. The highest BCUT2D eigenvalue weighted by Crippen LogP contribution is 2.31. The number of nitrogens with two attached hydrogens (primary N) is 1. The molecule has 2 N–H and O–H groups in total. The van der Waals surface area contributed by atoms with Gasteiger partial charge >= 0.3 is 0 Å². The van der Waals surface area contributed by atoms with Crippen molar-refractivity contribution in [3.63, 3.8) is 0 Å². The molecule has 1 aromatic heterocycles. The van der Waals surface area contributed by atoms with Gasteiger partial charge in [0.2, 0.25) is 0 Å². The second-order valence-corrected chi connectivity index (χ2v) is 4.49. The Hall–Kier alpha value is -1.19. The van der Waals surface area contributed by atoms with E-state index in [0.29, 0.717) is 21.4 Å². The summed E-state index contributed by atoms with van der Waals surface area (Å²) in [6.45, 7) is 3.87. The van der Waals surface area contributed by atoms with Crippen molar-refractivity contribution in [3.8, 4) is 5.69 Å². The minimum atomic E-state index is 0.496. The van der Waals surface area contributed by atoms with E-state index in [1.165, 1.54) is 0 Å². The van der Waals surface area contributed by atoms with Crippen LogP contribution in [0.15, 0.2) is 18.2 Å². The molecule has 2 aromatic rings. The topological polar surface area (TPSA) is 43.8 Å². The van der Waals surface area contributed by atoms with Gasteiger partial charge in [0.05, 0.1) is 15.7 Å². The summed E-state index contributed by atoms with van der Waals surface area (Å²) in [6.07, 6.45) is 0. The zero-order valence-corrected chi connectivity index (χ0v) is 10.5. The number of benzene rings is 1. The molecule has 0 atom stereocenters. The molecule has 0 radical (unpaired) electrons. The Kier molecular flexibility index (Phi) is 2.82. The lowest BCUT2D eigenvalue weighted by atomic mass is 10.2. The molecule has 5 heteroatoms. The van der Waals surface area contributed by atoms with Crippen LogP contribution in [0.3, 0.4) is 0 Å². The zero-order chi connectivity index (χ0) is 11.9. The molecule has 0 bridgehead atoms. The van der Waals surface area contributed by atoms with E-state index in [1.54, 1.807) is 16.8 Å². The monoisotopic (exact) mass is 255 g/mol. The lowest BCUT2D eigenvalue weighted by Gasteiger charge is -2.09. The quantitative estimate of drug-likeness (QED) is 0.795. The molecule has 0 saturated carbocycles. The molecule has 0 aliphatic rings. The molecule has 1 aromatic carbocycles. The molecule has 84 valence electrons. The van der Waals surface area contributed by atoms with Gasteiger partial charge in [0.15, 0.2) is 0 Å². The second kappa shape index (κ2) is 4.00. The molecule has 0 spiro atoms. The number of nitrogen functional groups attached to an aromatic ring is 1. The van der Waals surface area contributed by atoms with Gasteiger partial charge in [-0.15, -0.1) is 0 Å². The maximum absolute atomic E-state index is 6.13. The maximum atomic E-state index is 6.13. The van der Waals surface area contributed by atoms with Gasteiger partial charge in [-0.05, 0) is 32.0 Å². The molecule has 16 heavy (non-hydrogen) atoms. The van der Waals surface area contributed by atoms with Crippen LogP contribution in [0.2, 0.25) is 10.0 Å². The number of aromatic nitrogens is 2. The third kappa shape index (κ3) is 1.88. The number of anilines is 1. The van der Waals surface area contributed by atoms with Gasteiger partial charge in [0.25, 0.3) is 0 Å². The van der Waals surface area contributed by atoms with Crippen molar-refractivity contribution in [2.45, 2.75) is 13.8 Å². The van der Waals surface area contributed by atoms with Crippen molar-refractivity contribution < 1.29 is 0 Å². The number of hydrogen-bond donors (Lipinski definition) is 1. The van der Waals surface area contributed by atoms with Crippen molar-refractivity contribution in [1.29, 1.82) is 0 Å². The summed E-state index contributed by atoms with van der Waals surface area (Å²) in [7, 11) is 0. The molecule has 0 fully saturated rings. The number of hydrogen-bond acceptors (Lipinski definition) is 2. The lowest BCUT2D eigenvalue weighted by molar-refractivity contribution is 0.834. The van der Waals surface area contributed by atoms with E-state index in [4.69, 9.17) is 28.9 Å². The summed E-state index contributed by atoms with van der Waals surface area (Å²) in [5, 5.41) is 5.33. The Balaban J connectivity index is 2.69. The molecular weight excluding hydrogens is 245 g/mol. The summed E-state index contributed by atoms with van der Waals surface area (Å²) >= 11 is 12.3. The average Bonchev–Trinajstić information content (AvgIpc) is 2.43. The molecule has 1 heterocycles. The molecule has 0 aliphatic heterocycles. The van der Waals surface area contributed by atoms with Crippen molar-refractivity contribution in [3.05, 3.63) is 39.6 Å². The van der Waals surface area contributed by atoms with Crippen LogP contribution in [0.25, 0.3) is 5.69 Å². The molecule has 0 saturated heterocycles. The molecule has 0 amide bonds. The Morgan fingerprint density at radius 3 is 2.12 bits per heavy atom. The Morgan fingerprint density at radius 2 is 1.69 bits per heavy atom. The first-order valence-electron chi connectivity index (χ1n) is 4.77. The van der Waals surface area contributed by atoms with Gasteiger partial charge in [0, 0.05) is 11.4 Å². The largest absolute Gasteiger partial charge is 0.399 e. The van der Waals surface area contributed by atoms with E-state index in [2.05, 4.69) is 5.10 Å². The SMILES string of the molecule is Cc1cc(C)n(-c2c(Cl)cc(N)cc2Cl)n1. The number of aryl methyl sites for hydroxylation is 2. The van der Waals surface area contributed by atoms with Crippen LogP contribution < -0.4 is 5.73 Å².